The second-order valence-corrected chi connectivity index (χ2v) is 9.25. The molecule has 1 aromatic carbocycles. The molecule has 1 amide bonds. The third kappa shape index (κ3) is 6.24. The average Bonchev–Trinajstić information content (AvgIpc) is 2.79. The summed E-state index contributed by atoms with van der Waals surface area (Å²) in [6.07, 6.45) is 6.63. The van der Waals surface area contributed by atoms with Crippen molar-refractivity contribution in [3.63, 3.8) is 0 Å². The summed E-state index contributed by atoms with van der Waals surface area (Å²) < 4.78 is 5.86. The fraction of sp³-hybridized carbons (Fsp3) is 0.480. The number of nitrogens with one attached hydrogen (secondary N) is 2. The standard InChI is InChI=1S/C25H30ClN3O4/c26-21-6-2-1-5-20(21)24(30)29-22(25(31)32)11-13-33-19-14-16(15-19)7-9-18-10-8-17-4-3-12-27-23(17)28-18/h1-2,5-6,8,10,16,19,22H,3-4,7,9,11-15H2,(H,27,28)(H,29,30)(H,31,32)/t16-,19-,22?. The maximum atomic E-state index is 12.3. The number of carboxylic acid groups (broad SMARTS) is 1. The average molecular weight is 472 g/mol. The van der Waals surface area contributed by atoms with Gasteiger partial charge in [0.05, 0.1) is 16.7 Å². The zero-order valence-corrected chi connectivity index (χ0v) is 19.3. The van der Waals surface area contributed by atoms with Crippen LogP contribution in [0.1, 0.15) is 53.7 Å². The molecule has 1 fully saturated rings. The predicted octanol–water partition coefficient (Wildman–Crippen LogP) is 4.09. The molecule has 0 bridgehead atoms. The van der Waals surface area contributed by atoms with Gasteiger partial charge in [-0.15, -0.1) is 0 Å². The molecule has 1 unspecified atom stereocenters. The van der Waals surface area contributed by atoms with E-state index >= 15 is 0 Å². The fourth-order valence-corrected chi connectivity index (χ4v) is 4.62. The number of anilines is 1. The summed E-state index contributed by atoms with van der Waals surface area (Å²) in [6.45, 7) is 1.28. The van der Waals surface area contributed by atoms with Crippen LogP contribution in [0.15, 0.2) is 36.4 Å². The fourth-order valence-electron chi connectivity index (χ4n) is 4.40. The third-order valence-electron chi connectivity index (χ3n) is 6.43. The minimum absolute atomic E-state index is 0.155. The Bertz CT molecular complexity index is 993. The van der Waals surface area contributed by atoms with Gasteiger partial charge in [-0.3, -0.25) is 4.79 Å². The van der Waals surface area contributed by atoms with Crippen LogP contribution in [0.4, 0.5) is 5.82 Å². The van der Waals surface area contributed by atoms with E-state index in [9.17, 15) is 14.7 Å². The lowest BCUT2D eigenvalue weighted by atomic mass is 9.79. The van der Waals surface area contributed by atoms with Crippen LogP contribution in [0.25, 0.3) is 0 Å². The Morgan fingerprint density at radius 2 is 2.06 bits per heavy atom. The summed E-state index contributed by atoms with van der Waals surface area (Å²) in [6, 6.07) is 9.88. The van der Waals surface area contributed by atoms with Crippen LogP contribution < -0.4 is 10.6 Å². The first-order valence-corrected chi connectivity index (χ1v) is 12.0. The Morgan fingerprint density at radius 3 is 2.85 bits per heavy atom. The molecular weight excluding hydrogens is 442 g/mol. The molecule has 1 saturated carbocycles. The first-order chi connectivity index (χ1) is 16.0. The number of carbonyl (C=O) groups excluding carboxylic acids is 1. The molecule has 0 radical (unpaired) electrons. The number of aryl methyl sites for hydroxylation is 2. The minimum atomic E-state index is -1.09. The normalized spacial score (nSPS) is 20.2. The van der Waals surface area contributed by atoms with E-state index in [4.69, 9.17) is 21.3 Å². The Balaban J connectivity index is 1.15. The molecule has 4 rings (SSSR count). The summed E-state index contributed by atoms with van der Waals surface area (Å²) in [5.41, 5.74) is 2.70. The molecule has 176 valence electrons. The molecular formula is C25H30ClN3O4. The molecule has 1 aromatic heterocycles. The van der Waals surface area contributed by atoms with Crippen LogP contribution in [0, 0.1) is 5.92 Å². The second-order valence-electron chi connectivity index (χ2n) is 8.84. The molecule has 0 saturated heterocycles. The van der Waals surface area contributed by atoms with Crippen molar-refractivity contribution in [3.05, 3.63) is 58.2 Å². The number of nitrogens with zero attached hydrogens (tertiary/aromatic N) is 1. The number of halogens is 1. The van der Waals surface area contributed by atoms with Gasteiger partial charge in [-0.1, -0.05) is 29.8 Å². The molecule has 1 aliphatic carbocycles. The smallest absolute Gasteiger partial charge is 0.326 e. The van der Waals surface area contributed by atoms with Crippen LogP contribution in [0.2, 0.25) is 5.02 Å². The molecule has 1 atom stereocenters. The predicted molar refractivity (Wildman–Crippen MR) is 127 cm³/mol. The van der Waals surface area contributed by atoms with Crippen molar-refractivity contribution in [2.24, 2.45) is 5.92 Å². The number of aromatic nitrogens is 1. The van der Waals surface area contributed by atoms with E-state index in [2.05, 4.69) is 22.8 Å². The third-order valence-corrected chi connectivity index (χ3v) is 6.76. The van der Waals surface area contributed by atoms with Crippen LogP contribution in [-0.4, -0.2) is 47.3 Å². The van der Waals surface area contributed by atoms with Gasteiger partial charge < -0.3 is 20.5 Å². The van der Waals surface area contributed by atoms with Crippen LogP contribution in [0.5, 0.6) is 0 Å². The maximum absolute atomic E-state index is 12.3. The Hall–Kier alpha value is -2.64. The van der Waals surface area contributed by atoms with E-state index in [0.29, 0.717) is 5.92 Å². The van der Waals surface area contributed by atoms with E-state index in [0.717, 1.165) is 50.2 Å². The van der Waals surface area contributed by atoms with Crippen molar-refractivity contribution in [1.82, 2.24) is 10.3 Å². The highest BCUT2D eigenvalue weighted by Crippen LogP contribution is 2.34. The highest BCUT2D eigenvalue weighted by Gasteiger charge is 2.30. The first kappa shape index (κ1) is 23.5. The number of carbonyl (C=O) groups is 2. The highest BCUT2D eigenvalue weighted by molar-refractivity contribution is 6.33. The molecule has 2 heterocycles. The SMILES string of the molecule is O=C(NC(CCO[C@H]1C[C@H](CCc2ccc3c(n2)NCCC3)C1)C(=O)O)c1ccccc1Cl. The summed E-state index contributed by atoms with van der Waals surface area (Å²) in [4.78, 5) is 28.7. The van der Waals surface area contributed by atoms with E-state index in [1.165, 1.54) is 12.0 Å². The van der Waals surface area contributed by atoms with Gasteiger partial charge in [-0.25, -0.2) is 9.78 Å². The lowest BCUT2D eigenvalue weighted by molar-refractivity contribution is -0.140. The maximum Gasteiger partial charge on any atom is 0.326 e. The molecule has 7 nitrogen and oxygen atoms in total. The van der Waals surface area contributed by atoms with Gasteiger partial charge in [0.1, 0.15) is 11.9 Å². The number of aliphatic carboxylic acids is 1. The zero-order valence-electron chi connectivity index (χ0n) is 18.6. The number of hydrogen-bond donors (Lipinski definition) is 3. The lowest BCUT2D eigenvalue weighted by Crippen LogP contribution is -2.42. The van der Waals surface area contributed by atoms with Crippen LogP contribution in [0.3, 0.4) is 0 Å². The van der Waals surface area contributed by atoms with Crippen molar-refractivity contribution in [1.29, 1.82) is 0 Å². The number of carboxylic acids is 1. The summed E-state index contributed by atoms with van der Waals surface area (Å²) in [5.74, 6) is 0.0689. The van der Waals surface area contributed by atoms with Gasteiger partial charge in [-0.05, 0) is 68.2 Å². The zero-order chi connectivity index (χ0) is 23.2. The summed E-state index contributed by atoms with van der Waals surface area (Å²) >= 11 is 6.02. The monoisotopic (exact) mass is 471 g/mol. The number of amides is 1. The Kier molecular flexibility index (Phi) is 7.83. The molecule has 2 aromatic rings. The number of fused-ring (bicyclic) bond motifs is 1. The molecule has 1 aliphatic heterocycles. The van der Waals surface area contributed by atoms with Gasteiger partial charge in [0, 0.05) is 25.3 Å². The topological polar surface area (TPSA) is 101 Å². The quantitative estimate of drug-likeness (QED) is 0.482. The van der Waals surface area contributed by atoms with Crippen molar-refractivity contribution < 1.29 is 19.4 Å². The Morgan fingerprint density at radius 1 is 1.24 bits per heavy atom. The van der Waals surface area contributed by atoms with E-state index < -0.39 is 17.9 Å². The van der Waals surface area contributed by atoms with Gasteiger partial charge in [-0.2, -0.15) is 0 Å². The summed E-state index contributed by atoms with van der Waals surface area (Å²) in [5, 5.41) is 15.7. The van der Waals surface area contributed by atoms with Gasteiger partial charge in [0.15, 0.2) is 0 Å². The molecule has 8 heteroatoms. The molecule has 2 aliphatic rings. The number of pyridine rings is 1. The van der Waals surface area contributed by atoms with Gasteiger partial charge >= 0.3 is 5.97 Å². The number of ether oxygens (including phenoxy) is 1. The first-order valence-electron chi connectivity index (χ1n) is 11.6. The van der Waals surface area contributed by atoms with Crippen molar-refractivity contribution in [2.75, 3.05) is 18.5 Å². The van der Waals surface area contributed by atoms with E-state index in [1.807, 2.05) is 0 Å². The number of rotatable bonds is 10. The molecule has 3 N–H and O–H groups in total. The second kappa shape index (κ2) is 11.0. The van der Waals surface area contributed by atoms with Crippen molar-refractivity contribution in [3.8, 4) is 0 Å². The Labute approximate surface area is 198 Å². The van der Waals surface area contributed by atoms with E-state index in [1.54, 1.807) is 24.3 Å². The van der Waals surface area contributed by atoms with E-state index in [-0.39, 0.29) is 29.7 Å². The number of benzene rings is 1. The highest BCUT2D eigenvalue weighted by atomic mass is 35.5. The molecule has 0 spiro atoms. The van der Waals surface area contributed by atoms with Gasteiger partial charge in [0.25, 0.3) is 5.91 Å². The number of hydrogen-bond acceptors (Lipinski definition) is 5. The largest absolute Gasteiger partial charge is 0.480 e. The van der Waals surface area contributed by atoms with Crippen molar-refractivity contribution >= 4 is 29.3 Å². The van der Waals surface area contributed by atoms with Crippen LogP contribution >= 0.6 is 11.6 Å². The molecule has 33 heavy (non-hydrogen) atoms. The van der Waals surface area contributed by atoms with Gasteiger partial charge in [0.2, 0.25) is 0 Å². The lowest BCUT2D eigenvalue weighted by Gasteiger charge is -2.35. The minimum Gasteiger partial charge on any atom is -0.480 e. The summed E-state index contributed by atoms with van der Waals surface area (Å²) in [7, 11) is 0. The van der Waals surface area contributed by atoms with Crippen molar-refractivity contribution in [2.45, 2.75) is 57.1 Å². The van der Waals surface area contributed by atoms with Crippen LogP contribution in [-0.2, 0) is 22.4 Å².